The Morgan fingerprint density at radius 2 is 1.86 bits per heavy atom. The van der Waals surface area contributed by atoms with Crippen molar-refractivity contribution in [2.45, 2.75) is 33.4 Å². The van der Waals surface area contributed by atoms with Crippen molar-refractivity contribution in [1.82, 2.24) is 9.55 Å². The highest BCUT2D eigenvalue weighted by atomic mass is 16.7. The quantitative estimate of drug-likeness (QED) is 0.277. The molecular formula is C20H21N3O5. The van der Waals surface area contributed by atoms with E-state index in [0.717, 1.165) is 11.0 Å². The molecule has 0 bridgehead atoms. The molecule has 3 rings (SSSR count). The number of aromatic nitrogens is 2. The Bertz CT molecular complexity index is 989. The minimum Gasteiger partial charge on any atom is -0.428 e. The number of hydrogen-bond acceptors (Lipinski definition) is 6. The van der Waals surface area contributed by atoms with Crippen molar-refractivity contribution in [2.75, 3.05) is 0 Å². The van der Waals surface area contributed by atoms with Gasteiger partial charge in [-0.2, -0.15) is 0 Å². The fourth-order valence-electron chi connectivity index (χ4n) is 2.69. The van der Waals surface area contributed by atoms with E-state index in [-0.39, 0.29) is 16.9 Å². The topological polar surface area (TPSA) is 96.5 Å². The average molecular weight is 383 g/mol. The summed E-state index contributed by atoms with van der Waals surface area (Å²) in [7, 11) is 0. The van der Waals surface area contributed by atoms with Crippen LogP contribution in [-0.2, 0) is 11.3 Å². The zero-order valence-corrected chi connectivity index (χ0v) is 15.9. The van der Waals surface area contributed by atoms with Crippen molar-refractivity contribution in [2.24, 2.45) is 5.41 Å². The molecule has 0 aliphatic carbocycles. The number of non-ortho nitro benzene ring substituents is 1. The van der Waals surface area contributed by atoms with E-state index >= 15 is 0 Å². The molecule has 0 unspecified atom stereocenters. The Balaban J connectivity index is 1.72. The molecule has 1 heterocycles. The molecule has 0 saturated carbocycles. The number of imidazole rings is 1. The van der Waals surface area contributed by atoms with Crippen LogP contribution in [0.4, 0.5) is 10.5 Å². The van der Waals surface area contributed by atoms with Crippen LogP contribution in [-0.4, -0.2) is 26.7 Å². The molecule has 0 aliphatic heterocycles. The first-order valence-electron chi connectivity index (χ1n) is 8.77. The minimum atomic E-state index is -0.863. The summed E-state index contributed by atoms with van der Waals surface area (Å²) >= 11 is 0. The molecule has 0 radical (unpaired) electrons. The lowest BCUT2D eigenvalue weighted by Crippen LogP contribution is -2.36. The molecule has 1 aromatic heterocycles. The molecule has 0 N–H and O–H groups in total. The summed E-state index contributed by atoms with van der Waals surface area (Å²) in [6.07, 6.45) is 0.378. The van der Waals surface area contributed by atoms with Gasteiger partial charge in [0.2, 0.25) is 0 Å². The van der Waals surface area contributed by atoms with Gasteiger partial charge in [-0.3, -0.25) is 10.1 Å². The molecule has 8 heteroatoms. The van der Waals surface area contributed by atoms with Crippen LogP contribution in [0.5, 0.6) is 5.75 Å². The van der Waals surface area contributed by atoms with E-state index < -0.39 is 17.2 Å². The van der Waals surface area contributed by atoms with Crippen molar-refractivity contribution in [1.29, 1.82) is 0 Å². The maximum atomic E-state index is 12.3. The predicted molar refractivity (Wildman–Crippen MR) is 103 cm³/mol. The third kappa shape index (κ3) is 4.46. The van der Waals surface area contributed by atoms with Gasteiger partial charge < -0.3 is 14.0 Å². The number of carbonyl (C=O) groups is 1. The number of rotatable bonds is 5. The molecule has 0 fully saturated rings. The largest absolute Gasteiger partial charge is 0.514 e. The molecule has 3 aromatic rings. The van der Waals surface area contributed by atoms with E-state index in [1.807, 2.05) is 49.6 Å². The van der Waals surface area contributed by atoms with Crippen LogP contribution in [0, 0.1) is 15.5 Å². The van der Waals surface area contributed by atoms with Crippen LogP contribution in [0.15, 0.2) is 54.9 Å². The van der Waals surface area contributed by atoms with Crippen LogP contribution in [0.1, 0.15) is 20.8 Å². The number of nitrogens with zero attached hydrogens (tertiary/aromatic N) is 3. The van der Waals surface area contributed by atoms with Gasteiger partial charge in [0.05, 0.1) is 28.8 Å². The minimum absolute atomic E-state index is 0.0831. The fraction of sp³-hybridized carbons (Fsp3) is 0.300. The van der Waals surface area contributed by atoms with Gasteiger partial charge >= 0.3 is 6.16 Å². The second-order valence-electron chi connectivity index (χ2n) is 7.46. The Morgan fingerprint density at radius 3 is 2.50 bits per heavy atom. The van der Waals surface area contributed by atoms with E-state index in [9.17, 15) is 14.9 Å². The maximum absolute atomic E-state index is 12.3. The third-order valence-electron chi connectivity index (χ3n) is 4.34. The van der Waals surface area contributed by atoms with Crippen LogP contribution >= 0.6 is 0 Å². The summed E-state index contributed by atoms with van der Waals surface area (Å²) in [5, 5.41) is 10.7. The van der Waals surface area contributed by atoms with Gasteiger partial charge in [-0.15, -0.1) is 0 Å². The first-order chi connectivity index (χ1) is 13.2. The van der Waals surface area contributed by atoms with Crippen LogP contribution in [0.25, 0.3) is 11.0 Å². The number of fused-ring (bicyclic) bond motifs is 1. The summed E-state index contributed by atoms with van der Waals surface area (Å²) in [5.74, 6) is 0.177. The molecule has 0 spiro atoms. The summed E-state index contributed by atoms with van der Waals surface area (Å²) in [4.78, 5) is 26.8. The molecule has 2 aromatic carbocycles. The summed E-state index contributed by atoms with van der Waals surface area (Å²) in [6.45, 7) is 6.32. The highest BCUT2D eigenvalue weighted by Gasteiger charge is 2.30. The highest BCUT2D eigenvalue weighted by Crippen LogP contribution is 2.26. The molecule has 8 nitrogen and oxygen atoms in total. The van der Waals surface area contributed by atoms with Gasteiger partial charge in [-0.25, -0.2) is 9.78 Å². The second kappa shape index (κ2) is 7.67. The summed E-state index contributed by atoms with van der Waals surface area (Å²) in [5.41, 5.74) is 1.38. The lowest BCUT2D eigenvalue weighted by Gasteiger charge is -2.30. The normalized spacial score (nSPS) is 12.5. The summed E-state index contributed by atoms with van der Waals surface area (Å²) in [6, 6.07) is 13.0. The molecule has 0 aliphatic rings. The molecule has 0 amide bonds. The first-order valence-corrected chi connectivity index (χ1v) is 8.77. The van der Waals surface area contributed by atoms with Crippen molar-refractivity contribution in [3.05, 3.63) is 65.0 Å². The number of ether oxygens (including phenoxy) is 2. The van der Waals surface area contributed by atoms with Gasteiger partial charge in [-0.1, -0.05) is 32.9 Å². The monoisotopic (exact) mass is 383 g/mol. The molecule has 28 heavy (non-hydrogen) atoms. The SMILES string of the molecule is CC(C)(C)[C@@H](Cn1cnc2ccccc21)OC(=O)Oc1ccc([N+](=O)[O-])cc1. The Morgan fingerprint density at radius 1 is 1.18 bits per heavy atom. The van der Waals surface area contributed by atoms with Crippen LogP contribution in [0.3, 0.4) is 0 Å². The van der Waals surface area contributed by atoms with Crippen molar-refractivity contribution in [3.63, 3.8) is 0 Å². The van der Waals surface area contributed by atoms with Gasteiger partial charge in [0.1, 0.15) is 11.9 Å². The predicted octanol–water partition coefficient (Wildman–Crippen LogP) is 4.57. The number of hydrogen-bond donors (Lipinski definition) is 0. The lowest BCUT2D eigenvalue weighted by molar-refractivity contribution is -0.384. The highest BCUT2D eigenvalue weighted by molar-refractivity contribution is 5.75. The van der Waals surface area contributed by atoms with Crippen molar-refractivity contribution >= 4 is 22.9 Å². The smallest absolute Gasteiger partial charge is 0.428 e. The molecule has 1 atom stereocenters. The van der Waals surface area contributed by atoms with Crippen molar-refractivity contribution in [3.8, 4) is 5.75 Å². The number of nitro groups is 1. The van der Waals surface area contributed by atoms with E-state index in [4.69, 9.17) is 9.47 Å². The van der Waals surface area contributed by atoms with Crippen LogP contribution in [0.2, 0.25) is 0 Å². The number of benzene rings is 2. The van der Waals surface area contributed by atoms with E-state index in [1.54, 1.807) is 6.33 Å². The second-order valence-corrected chi connectivity index (χ2v) is 7.46. The van der Waals surface area contributed by atoms with Crippen molar-refractivity contribution < 1.29 is 19.2 Å². The number of carbonyl (C=O) groups excluding carboxylic acids is 1. The number of nitro benzene ring substituents is 1. The average Bonchev–Trinajstić information content (AvgIpc) is 3.04. The van der Waals surface area contributed by atoms with Gasteiger partial charge in [0.15, 0.2) is 0 Å². The molecule has 146 valence electrons. The van der Waals surface area contributed by atoms with E-state index in [1.165, 1.54) is 24.3 Å². The third-order valence-corrected chi connectivity index (χ3v) is 4.34. The Labute approximate surface area is 161 Å². The fourth-order valence-corrected chi connectivity index (χ4v) is 2.69. The Hall–Kier alpha value is -3.42. The Kier molecular flexibility index (Phi) is 5.30. The lowest BCUT2D eigenvalue weighted by atomic mass is 9.89. The molecular weight excluding hydrogens is 362 g/mol. The van der Waals surface area contributed by atoms with E-state index in [0.29, 0.717) is 6.54 Å². The maximum Gasteiger partial charge on any atom is 0.514 e. The zero-order valence-electron chi connectivity index (χ0n) is 15.9. The standard InChI is InChI=1S/C20H21N3O5/c1-20(2,3)18(12-22-13-21-16-6-4-5-7-17(16)22)28-19(24)27-15-10-8-14(9-11-15)23(25)26/h4-11,13,18H,12H2,1-3H3/t18-/m1/s1. The number of para-hydroxylation sites is 2. The zero-order chi connectivity index (χ0) is 20.3. The molecule has 0 saturated heterocycles. The van der Waals surface area contributed by atoms with Gasteiger partial charge in [0, 0.05) is 17.5 Å². The van der Waals surface area contributed by atoms with Gasteiger partial charge in [0.25, 0.3) is 5.69 Å². The first kappa shape index (κ1) is 19.3. The van der Waals surface area contributed by atoms with Gasteiger partial charge in [-0.05, 0) is 24.3 Å². The summed E-state index contributed by atoms with van der Waals surface area (Å²) < 4.78 is 12.7. The van der Waals surface area contributed by atoms with E-state index in [2.05, 4.69) is 4.98 Å². The van der Waals surface area contributed by atoms with Crippen LogP contribution < -0.4 is 4.74 Å².